The fourth-order valence-electron chi connectivity index (χ4n) is 3.47. The van der Waals surface area contributed by atoms with Crippen LogP contribution < -0.4 is 25.0 Å². The highest BCUT2D eigenvalue weighted by Gasteiger charge is 2.26. The molecule has 0 spiro atoms. The minimum atomic E-state index is -0.377. The van der Waals surface area contributed by atoms with E-state index in [-0.39, 0.29) is 18.7 Å². The molecule has 3 aromatic rings. The smallest absolute Gasteiger partial charge is 0.323 e. The molecule has 3 heterocycles. The van der Waals surface area contributed by atoms with Gasteiger partial charge in [0.2, 0.25) is 6.79 Å². The van der Waals surface area contributed by atoms with Crippen LogP contribution in [-0.2, 0) is 6.42 Å². The van der Waals surface area contributed by atoms with Crippen LogP contribution in [0.3, 0.4) is 0 Å². The molecule has 0 bridgehead atoms. The van der Waals surface area contributed by atoms with Crippen LogP contribution in [0.4, 0.5) is 21.9 Å². The van der Waals surface area contributed by atoms with Gasteiger partial charge in [0.15, 0.2) is 11.5 Å². The Kier molecular flexibility index (Phi) is 4.33. The third-order valence-electron chi connectivity index (χ3n) is 4.85. The molecule has 0 fully saturated rings. The molecule has 7 nitrogen and oxygen atoms in total. The molecule has 1 aromatic heterocycles. The maximum atomic E-state index is 12.8. The zero-order valence-electron chi connectivity index (χ0n) is 15.3. The van der Waals surface area contributed by atoms with Gasteiger partial charge in [-0.15, -0.1) is 11.3 Å². The monoisotopic (exact) mass is 407 g/mol. The van der Waals surface area contributed by atoms with Crippen molar-refractivity contribution in [3.05, 3.63) is 64.4 Å². The van der Waals surface area contributed by atoms with Crippen molar-refractivity contribution in [2.24, 2.45) is 0 Å². The Labute approximate surface area is 170 Å². The first-order chi connectivity index (χ1) is 14.2. The molecule has 29 heavy (non-hydrogen) atoms. The van der Waals surface area contributed by atoms with E-state index in [9.17, 15) is 9.59 Å². The molecule has 0 radical (unpaired) electrons. The van der Waals surface area contributed by atoms with Gasteiger partial charge in [-0.3, -0.25) is 4.79 Å². The summed E-state index contributed by atoms with van der Waals surface area (Å²) in [7, 11) is 0. The molecule has 0 aliphatic carbocycles. The van der Waals surface area contributed by atoms with Crippen LogP contribution >= 0.6 is 11.3 Å². The maximum Gasteiger partial charge on any atom is 0.323 e. The van der Waals surface area contributed by atoms with E-state index < -0.39 is 0 Å². The van der Waals surface area contributed by atoms with Crippen molar-refractivity contribution in [1.82, 2.24) is 0 Å². The lowest BCUT2D eigenvalue weighted by atomic mass is 10.1. The highest BCUT2D eigenvalue weighted by atomic mass is 32.1. The summed E-state index contributed by atoms with van der Waals surface area (Å²) in [6, 6.07) is 14.2. The standard InChI is InChI=1S/C21H17N3O4S/c25-20(19-2-1-9-29-19)24-8-7-13-3-4-14(10-16(13)24)22-21(26)23-15-5-6-17-18(11-15)28-12-27-17/h1-6,9-11H,7-8,12H2,(H2,22,23,26). The average molecular weight is 407 g/mol. The first kappa shape index (κ1) is 17.6. The van der Waals surface area contributed by atoms with Crippen molar-refractivity contribution in [2.45, 2.75) is 6.42 Å². The summed E-state index contributed by atoms with van der Waals surface area (Å²) in [5, 5.41) is 7.50. The highest BCUT2D eigenvalue weighted by Crippen LogP contribution is 2.35. The Morgan fingerprint density at radius 1 is 0.966 bits per heavy atom. The molecular weight excluding hydrogens is 390 g/mol. The van der Waals surface area contributed by atoms with Gasteiger partial charge in [-0.2, -0.15) is 0 Å². The molecule has 2 aliphatic heterocycles. The molecule has 8 heteroatoms. The summed E-state index contributed by atoms with van der Waals surface area (Å²) in [5.74, 6) is 1.24. The zero-order chi connectivity index (χ0) is 19.8. The van der Waals surface area contributed by atoms with Crippen LogP contribution in [0.2, 0.25) is 0 Å². The second kappa shape index (κ2) is 7.14. The molecular formula is C21H17N3O4S. The van der Waals surface area contributed by atoms with Crippen molar-refractivity contribution in [3.63, 3.8) is 0 Å². The molecule has 0 saturated carbocycles. The van der Waals surface area contributed by atoms with Crippen LogP contribution in [-0.4, -0.2) is 25.3 Å². The molecule has 2 N–H and O–H groups in total. The number of anilines is 3. The third kappa shape index (κ3) is 3.38. The van der Waals surface area contributed by atoms with Crippen LogP contribution in [0.5, 0.6) is 11.5 Å². The van der Waals surface area contributed by atoms with E-state index >= 15 is 0 Å². The first-order valence-electron chi connectivity index (χ1n) is 9.13. The minimum Gasteiger partial charge on any atom is -0.454 e. The van der Waals surface area contributed by atoms with Crippen molar-refractivity contribution in [1.29, 1.82) is 0 Å². The van der Waals surface area contributed by atoms with Crippen LogP contribution in [0.25, 0.3) is 0 Å². The predicted octanol–water partition coefficient (Wildman–Crippen LogP) is 4.32. The minimum absolute atomic E-state index is 0.0132. The van der Waals surface area contributed by atoms with Gasteiger partial charge in [0.1, 0.15) is 0 Å². The highest BCUT2D eigenvalue weighted by molar-refractivity contribution is 7.12. The number of carbonyl (C=O) groups excluding carboxylic acids is 2. The number of amides is 3. The summed E-state index contributed by atoms with van der Waals surface area (Å²) in [6.07, 6.45) is 0.802. The van der Waals surface area contributed by atoms with Gasteiger partial charge in [-0.05, 0) is 47.7 Å². The number of carbonyl (C=O) groups is 2. The van der Waals surface area contributed by atoms with E-state index in [0.717, 1.165) is 17.7 Å². The van der Waals surface area contributed by atoms with Crippen molar-refractivity contribution < 1.29 is 19.1 Å². The normalized spacial score (nSPS) is 13.9. The largest absolute Gasteiger partial charge is 0.454 e. The van der Waals surface area contributed by atoms with Crippen molar-refractivity contribution in [3.8, 4) is 11.5 Å². The van der Waals surface area contributed by atoms with E-state index in [1.54, 1.807) is 23.1 Å². The number of nitrogens with zero attached hydrogens (tertiary/aromatic N) is 1. The van der Waals surface area contributed by atoms with Gasteiger partial charge in [0.25, 0.3) is 5.91 Å². The number of hydrogen-bond donors (Lipinski definition) is 2. The van der Waals surface area contributed by atoms with Crippen LogP contribution in [0.15, 0.2) is 53.9 Å². The molecule has 2 aromatic carbocycles. The summed E-state index contributed by atoms with van der Waals surface area (Å²) in [6.45, 7) is 0.819. The molecule has 0 atom stereocenters. The topological polar surface area (TPSA) is 79.9 Å². The lowest BCUT2D eigenvalue weighted by Gasteiger charge is -2.17. The Bertz CT molecular complexity index is 1100. The number of nitrogens with one attached hydrogen (secondary N) is 2. The first-order valence-corrected chi connectivity index (χ1v) is 10.0. The second-order valence-electron chi connectivity index (χ2n) is 6.67. The number of fused-ring (bicyclic) bond motifs is 2. The Balaban J connectivity index is 1.30. The van der Waals surface area contributed by atoms with Gasteiger partial charge in [0.05, 0.1) is 4.88 Å². The number of hydrogen-bond acceptors (Lipinski definition) is 5. The number of ether oxygens (including phenoxy) is 2. The molecule has 5 rings (SSSR count). The van der Waals surface area contributed by atoms with Gasteiger partial charge in [0, 0.05) is 29.7 Å². The quantitative estimate of drug-likeness (QED) is 0.678. The van der Waals surface area contributed by atoms with E-state index in [0.29, 0.717) is 34.3 Å². The Morgan fingerprint density at radius 2 is 1.76 bits per heavy atom. The molecule has 3 amide bonds. The second-order valence-corrected chi connectivity index (χ2v) is 7.62. The summed E-state index contributed by atoms with van der Waals surface area (Å²) in [4.78, 5) is 27.6. The van der Waals surface area contributed by atoms with E-state index in [4.69, 9.17) is 9.47 Å². The van der Waals surface area contributed by atoms with E-state index in [1.165, 1.54) is 11.3 Å². The Hall–Kier alpha value is -3.52. The number of rotatable bonds is 3. The third-order valence-corrected chi connectivity index (χ3v) is 5.70. The fourth-order valence-corrected chi connectivity index (χ4v) is 4.14. The van der Waals surface area contributed by atoms with Crippen molar-refractivity contribution in [2.75, 3.05) is 28.9 Å². The number of benzene rings is 2. The van der Waals surface area contributed by atoms with Gasteiger partial charge >= 0.3 is 6.03 Å². The predicted molar refractivity (Wildman–Crippen MR) is 111 cm³/mol. The molecule has 146 valence electrons. The number of thiophene rings is 1. The average Bonchev–Trinajstić information content (AvgIpc) is 3.47. The SMILES string of the molecule is O=C(Nc1ccc2c(c1)OCO2)Nc1ccc2c(c1)N(C(=O)c1cccs1)CC2. The molecule has 0 unspecified atom stereocenters. The van der Waals surface area contributed by atoms with E-state index in [1.807, 2.05) is 35.7 Å². The zero-order valence-corrected chi connectivity index (χ0v) is 16.1. The van der Waals surface area contributed by atoms with Gasteiger partial charge in [-0.1, -0.05) is 12.1 Å². The van der Waals surface area contributed by atoms with Crippen LogP contribution in [0.1, 0.15) is 15.2 Å². The summed E-state index contributed by atoms with van der Waals surface area (Å²) in [5.41, 5.74) is 3.15. The van der Waals surface area contributed by atoms with Gasteiger partial charge < -0.3 is 25.0 Å². The van der Waals surface area contributed by atoms with Crippen LogP contribution in [0, 0.1) is 0 Å². The maximum absolute atomic E-state index is 12.8. The summed E-state index contributed by atoms with van der Waals surface area (Å²) >= 11 is 1.43. The summed E-state index contributed by atoms with van der Waals surface area (Å²) < 4.78 is 10.6. The van der Waals surface area contributed by atoms with Crippen molar-refractivity contribution >= 4 is 40.3 Å². The fraction of sp³-hybridized carbons (Fsp3) is 0.143. The lowest BCUT2D eigenvalue weighted by Crippen LogP contribution is -2.28. The molecule has 2 aliphatic rings. The number of urea groups is 1. The van der Waals surface area contributed by atoms with E-state index in [2.05, 4.69) is 10.6 Å². The Morgan fingerprint density at radius 3 is 2.59 bits per heavy atom. The van der Waals surface area contributed by atoms with Gasteiger partial charge in [-0.25, -0.2) is 4.79 Å². The lowest BCUT2D eigenvalue weighted by molar-refractivity contribution is 0.0993. The molecule has 0 saturated heterocycles.